The van der Waals surface area contributed by atoms with Crippen molar-refractivity contribution in [2.24, 2.45) is 0 Å². The molecule has 30 heavy (non-hydrogen) atoms. The number of hydrogen-bond donors (Lipinski definition) is 1. The first-order valence-corrected chi connectivity index (χ1v) is 11.1. The molecule has 2 aromatic carbocycles. The van der Waals surface area contributed by atoms with Crippen molar-refractivity contribution in [2.75, 3.05) is 25.1 Å². The summed E-state index contributed by atoms with van der Waals surface area (Å²) in [7, 11) is -1.03. The van der Waals surface area contributed by atoms with E-state index in [0.29, 0.717) is 23.6 Å². The van der Waals surface area contributed by atoms with Crippen molar-refractivity contribution in [2.45, 2.75) is 44.6 Å². The number of hydrogen-bond acceptors (Lipinski definition) is 5. The van der Waals surface area contributed by atoms with Crippen molar-refractivity contribution in [3.8, 4) is 11.5 Å². The average molecular weight is 435 g/mol. The molecule has 0 aliphatic heterocycles. The molecule has 0 atom stereocenters. The van der Waals surface area contributed by atoms with Crippen LogP contribution < -0.4 is 19.1 Å². The van der Waals surface area contributed by atoms with Crippen molar-refractivity contribution in [3.05, 3.63) is 48.0 Å². The van der Waals surface area contributed by atoms with E-state index in [1.54, 1.807) is 30.3 Å². The van der Waals surface area contributed by atoms with E-state index in [0.717, 1.165) is 9.87 Å². The lowest BCUT2D eigenvalue weighted by Crippen LogP contribution is -2.48. The van der Waals surface area contributed by atoms with Gasteiger partial charge in [0.05, 0.1) is 24.8 Å². The van der Waals surface area contributed by atoms with Crippen LogP contribution in [0.5, 0.6) is 11.5 Å². The summed E-state index contributed by atoms with van der Waals surface area (Å²) in [4.78, 5) is 12.8. The van der Waals surface area contributed by atoms with Crippen molar-refractivity contribution in [1.29, 1.82) is 0 Å². The van der Waals surface area contributed by atoms with Crippen molar-refractivity contribution < 1.29 is 22.7 Å². The number of ether oxygens (including phenoxy) is 2. The minimum atomic E-state index is -4.00. The van der Waals surface area contributed by atoms with Gasteiger partial charge in [0.2, 0.25) is 5.91 Å². The zero-order valence-corrected chi connectivity index (χ0v) is 19.2. The van der Waals surface area contributed by atoms with Gasteiger partial charge in [-0.2, -0.15) is 0 Å². The minimum absolute atomic E-state index is 0.102. The highest BCUT2D eigenvalue weighted by Gasteiger charge is 2.29. The zero-order valence-electron chi connectivity index (χ0n) is 18.4. The first-order chi connectivity index (χ1) is 14.0. The van der Waals surface area contributed by atoms with E-state index in [4.69, 9.17) is 9.47 Å². The van der Waals surface area contributed by atoms with Crippen LogP contribution in [0.3, 0.4) is 0 Å². The molecule has 0 aliphatic rings. The van der Waals surface area contributed by atoms with Crippen LogP contribution in [0.15, 0.2) is 47.4 Å². The van der Waals surface area contributed by atoms with Gasteiger partial charge >= 0.3 is 0 Å². The maximum absolute atomic E-state index is 13.4. The van der Waals surface area contributed by atoms with E-state index in [1.807, 2.05) is 27.7 Å². The van der Waals surface area contributed by atoms with Crippen molar-refractivity contribution >= 4 is 21.6 Å². The highest BCUT2D eigenvalue weighted by Crippen LogP contribution is 2.33. The maximum Gasteiger partial charge on any atom is 0.264 e. The topological polar surface area (TPSA) is 84.9 Å². The van der Waals surface area contributed by atoms with Gasteiger partial charge in [0, 0.05) is 11.6 Å². The number of carbonyl (C=O) groups is 1. The molecule has 0 heterocycles. The fourth-order valence-electron chi connectivity index (χ4n) is 2.77. The van der Waals surface area contributed by atoms with Crippen LogP contribution in [0.1, 0.15) is 32.8 Å². The van der Waals surface area contributed by atoms with E-state index in [1.165, 1.54) is 26.4 Å². The number of benzene rings is 2. The highest BCUT2D eigenvalue weighted by molar-refractivity contribution is 7.92. The molecule has 0 spiro atoms. The van der Waals surface area contributed by atoms with Gasteiger partial charge < -0.3 is 14.8 Å². The van der Waals surface area contributed by atoms with Gasteiger partial charge in [-0.25, -0.2) is 8.42 Å². The summed E-state index contributed by atoms with van der Waals surface area (Å²) in [6, 6.07) is 11.3. The predicted octanol–water partition coefficient (Wildman–Crippen LogP) is 3.51. The molecule has 0 aliphatic carbocycles. The Morgan fingerprint density at radius 1 is 1.03 bits per heavy atom. The molecule has 0 aromatic heterocycles. The average Bonchev–Trinajstić information content (AvgIpc) is 2.71. The SMILES string of the molecule is CCC(C)(C)NC(=O)CN(c1ccc(OC)c(OC)c1)S(=O)(=O)c1ccc(C)cc1. The molecule has 164 valence electrons. The number of rotatable bonds is 9. The molecule has 0 bridgehead atoms. The lowest BCUT2D eigenvalue weighted by molar-refractivity contribution is -0.121. The molecule has 0 saturated carbocycles. The van der Waals surface area contributed by atoms with Crippen LogP contribution in [0.4, 0.5) is 5.69 Å². The molecule has 7 nitrogen and oxygen atoms in total. The second-order valence-corrected chi connectivity index (χ2v) is 9.51. The molecule has 1 N–H and O–H groups in total. The Labute approximate surface area is 179 Å². The Hall–Kier alpha value is -2.74. The Bertz CT molecular complexity index is 985. The van der Waals surface area contributed by atoms with Gasteiger partial charge in [-0.1, -0.05) is 24.6 Å². The fraction of sp³-hybridized carbons (Fsp3) is 0.409. The first-order valence-electron chi connectivity index (χ1n) is 9.66. The smallest absolute Gasteiger partial charge is 0.264 e. The summed E-state index contributed by atoms with van der Waals surface area (Å²) in [6.45, 7) is 7.24. The van der Waals surface area contributed by atoms with Crippen molar-refractivity contribution in [1.82, 2.24) is 5.32 Å². The van der Waals surface area contributed by atoms with Gasteiger partial charge in [-0.05, 0) is 51.5 Å². The number of amides is 1. The summed E-state index contributed by atoms with van der Waals surface area (Å²) >= 11 is 0. The molecule has 0 saturated heterocycles. The lowest BCUT2D eigenvalue weighted by atomic mass is 10.0. The van der Waals surface area contributed by atoms with Gasteiger partial charge in [0.15, 0.2) is 11.5 Å². The quantitative estimate of drug-likeness (QED) is 0.653. The van der Waals surface area contributed by atoms with E-state index in [2.05, 4.69) is 5.32 Å². The summed E-state index contributed by atoms with van der Waals surface area (Å²) in [5, 5.41) is 2.89. The monoisotopic (exact) mass is 434 g/mol. The molecule has 2 aromatic rings. The Morgan fingerprint density at radius 2 is 1.63 bits per heavy atom. The molecule has 2 rings (SSSR count). The standard InChI is InChI=1S/C22H30N2O5S/c1-7-22(3,4)23-21(25)15-24(17-10-13-19(28-5)20(14-17)29-6)30(26,27)18-11-8-16(2)9-12-18/h8-14H,7,15H2,1-6H3,(H,23,25). The minimum Gasteiger partial charge on any atom is -0.493 e. The molecule has 0 radical (unpaired) electrons. The van der Waals surface area contributed by atoms with E-state index in [9.17, 15) is 13.2 Å². The third kappa shape index (κ3) is 5.44. The fourth-order valence-corrected chi connectivity index (χ4v) is 4.18. The summed E-state index contributed by atoms with van der Waals surface area (Å²) in [5.74, 6) is 0.436. The van der Waals surface area contributed by atoms with Crippen LogP contribution in [-0.2, 0) is 14.8 Å². The predicted molar refractivity (Wildman–Crippen MR) is 118 cm³/mol. The summed E-state index contributed by atoms with van der Waals surface area (Å²) in [5.41, 5.74) is 0.792. The van der Waals surface area contributed by atoms with Crippen LogP contribution in [0.2, 0.25) is 0 Å². The van der Waals surface area contributed by atoms with E-state index < -0.39 is 21.5 Å². The normalized spacial score (nSPS) is 11.7. The third-order valence-corrected chi connectivity index (χ3v) is 6.70. The number of sulfonamides is 1. The number of carbonyl (C=O) groups excluding carboxylic acids is 1. The second-order valence-electron chi connectivity index (χ2n) is 7.65. The number of methoxy groups -OCH3 is 2. The molecule has 1 amide bonds. The van der Waals surface area contributed by atoms with E-state index >= 15 is 0 Å². The highest BCUT2D eigenvalue weighted by atomic mass is 32.2. The summed E-state index contributed by atoms with van der Waals surface area (Å²) in [6.07, 6.45) is 0.708. The van der Waals surface area contributed by atoms with Gasteiger partial charge in [-0.3, -0.25) is 9.10 Å². The number of nitrogens with zero attached hydrogens (tertiary/aromatic N) is 1. The number of aryl methyl sites for hydroxylation is 1. The molecule has 8 heteroatoms. The second kappa shape index (κ2) is 9.38. The van der Waals surface area contributed by atoms with Crippen molar-refractivity contribution in [3.63, 3.8) is 0 Å². The Balaban J connectivity index is 2.52. The van der Waals surface area contributed by atoms with Crippen LogP contribution in [-0.4, -0.2) is 40.6 Å². The molecule has 0 unspecified atom stereocenters. The lowest BCUT2D eigenvalue weighted by Gasteiger charge is -2.29. The number of anilines is 1. The van der Waals surface area contributed by atoms with Crippen LogP contribution in [0, 0.1) is 6.92 Å². The maximum atomic E-state index is 13.4. The first kappa shape index (κ1) is 23.5. The molecular weight excluding hydrogens is 404 g/mol. The van der Waals surface area contributed by atoms with Gasteiger partial charge in [0.25, 0.3) is 10.0 Å². The zero-order chi connectivity index (χ0) is 22.5. The van der Waals surface area contributed by atoms with Crippen LogP contribution >= 0.6 is 0 Å². The third-order valence-electron chi connectivity index (χ3n) is 4.91. The molecular formula is C22H30N2O5S. The largest absolute Gasteiger partial charge is 0.493 e. The molecule has 0 fully saturated rings. The number of nitrogens with one attached hydrogen (secondary N) is 1. The van der Waals surface area contributed by atoms with Crippen LogP contribution in [0.25, 0.3) is 0 Å². The Kier molecular flexibility index (Phi) is 7.36. The Morgan fingerprint density at radius 3 is 2.17 bits per heavy atom. The van der Waals surface area contributed by atoms with Gasteiger partial charge in [-0.15, -0.1) is 0 Å². The summed E-state index contributed by atoms with van der Waals surface area (Å²) < 4.78 is 38.5. The van der Waals surface area contributed by atoms with Gasteiger partial charge in [0.1, 0.15) is 6.54 Å². The van der Waals surface area contributed by atoms with E-state index in [-0.39, 0.29) is 11.4 Å².